The Kier molecular flexibility index (Phi) is 2.56. The summed E-state index contributed by atoms with van der Waals surface area (Å²) in [7, 11) is 0. The zero-order valence-corrected chi connectivity index (χ0v) is 6.51. The topological polar surface area (TPSA) is 27.0 Å². The second-order valence-corrected chi connectivity index (χ2v) is 2.88. The van der Waals surface area contributed by atoms with Gasteiger partial charge in [-0.25, -0.2) is 0 Å². The van der Waals surface area contributed by atoms with E-state index in [4.69, 9.17) is 5.26 Å². The highest BCUT2D eigenvalue weighted by Gasteiger charge is 2.21. The molecule has 1 aliphatic heterocycles. The summed E-state index contributed by atoms with van der Waals surface area (Å²) in [6.07, 6.45) is 7.05. The number of nitrogens with zero attached hydrogens (tertiary/aromatic N) is 2. The molecule has 1 fully saturated rings. The summed E-state index contributed by atoms with van der Waals surface area (Å²) >= 11 is 0. The van der Waals surface area contributed by atoms with Crippen LogP contribution >= 0.6 is 0 Å². The lowest BCUT2D eigenvalue weighted by molar-refractivity contribution is 0.344. The van der Waals surface area contributed by atoms with Crippen LogP contribution < -0.4 is 0 Å². The highest BCUT2D eigenvalue weighted by atomic mass is 15.2. The lowest BCUT2D eigenvalue weighted by Gasteiger charge is -2.16. The molecule has 0 radical (unpaired) electrons. The van der Waals surface area contributed by atoms with Crippen LogP contribution in [0.4, 0.5) is 0 Å². The van der Waals surface area contributed by atoms with Crippen molar-refractivity contribution in [3.05, 3.63) is 0 Å². The lowest BCUT2D eigenvalue weighted by atomic mass is 10.1. The zero-order valence-electron chi connectivity index (χ0n) is 6.51. The van der Waals surface area contributed by atoms with E-state index in [9.17, 15) is 0 Å². The van der Waals surface area contributed by atoms with Gasteiger partial charge in [0.1, 0.15) is 0 Å². The van der Waals surface area contributed by atoms with E-state index in [2.05, 4.69) is 13.1 Å². The maximum atomic E-state index is 8.64. The molecule has 0 aromatic rings. The summed E-state index contributed by atoms with van der Waals surface area (Å²) in [4.78, 5) is 1.92. The predicted octanol–water partition coefficient (Wildman–Crippen LogP) is 1.73. The van der Waals surface area contributed by atoms with Gasteiger partial charge in [0.25, 0.3) is 0 Å². The third-order valence-corrected chi connectivity index (χ3v) is 2.13. The van der Waals surface area contributed by atoms with Crippen LogP contribution in [0, 0.1) is 11.5 Å². The molecule has 1 atom stereocenters. The number of nitriles is 1. The molecule has 1 unspecified atom stereocenters. The van der Waals surface area contributed by atoms with Crippen molar-refractivity contribution in [2.24, 2.45) is 0 Å². The fourth-order valence-electron chi connectivity index (χ4n) is 1.60. The lowest BCUT2D eigenvalue weighted by Crippen LogP contribution is -2.23. The average Bonchev–Trinajstić information content (AvgIpc) is 2.36. The van der Waals surface area contributed by atoms with Gasteiger partial charge in [0.05, 0.1) is 0 Å². The first-order valence-corrected chi connectivity index (χ1v) is 4.05. The molecule has 56 valence electrons. The molecule has 2 nitrogen and oxygen atoms in total. The molecule has 0 spiro atoms. The molecule has 0 saturated carbocycles. The SMILES string of the molecule is CCCC1CCCN1C#N. The Morgan fingerprint density at radius 1 is 1.70 bits per heavy atom. The van der Waals surface area contributed by atoms with E-state index < -0.39 is 0 Å². The highest BCUT2D eigenvalue weighted by Crippen LogP contribution is 2.19. The van der Waals surface area contributed by atoms with Gasteiger partial charge in [0, 0.05) is 12.6 Å². The molecule has 0 aliphatic carbocycles. The Bertz CT molecular complexity index is 137. The zero-order chi connectivity index (χ0) is 7.40. The number of likely N-dealkylation sites (tertiary alicyclic amines) is 1. The van der Waals surface area contributed by atoms with Crippen molar-refractivity contribution in [3.63, 3.8) is 0 Å². The number of hydrogen-bond donors (Lipinski definition) is 0. The van der Waals surface area contributed by atoms with Crippen LogP contribution in [0.2, 0.25) is 0 Å². The fourth-order valence-corrected chi connectivity index (χ4v) is 1.60. The monoisotopic (exact) mass is 138 g/mol. The molecule has 0 bridgehead atoms. The minimum absolute atomic E-state index is 0.565. The molecule has 1 rings (SSSR count). The van der Waals surface area contributed by atoms with E-state index in [1.165, 1.54) is 25.7 Å². The first-order chi connectivity index (χ1) is 4.88. The van der Waals surface area contributed by atoms with Gasteiger partial charge in [-0.2, -0.15) is 5.26 Å². The normalized spacial score (nSPS) is 24.8. The molecule has 0 aromatic heterocycles. The Hall–Kier alpha value is -0.710. The van der Waals surface area contributed by atoms with Gasteiger partial charge in [0.2, 0.25) is 0 Å². The summed E-state index contributed by atoms with van der Waals surface area (Å²) in [5.74, 6) is 0. The van der Waals surface area contributed by atoms with Crippen molar-refractivity contribution in [1.82, 2.24) is 4.90 Å². The molecule has 1 aliphatic rings. The van der Waals surface area contributed by atoms with E-state index in [0.717, 1.165) is 6.54 Å². The van der Waals surface area contributed by atoms with Crippen LogP contribution in [0.1, 0.15) is 32.6 Å². The van der Waals surface area contributed by atoms with Crippen LogP contribution in [0.5, 0.6) is 0 Å². The van der Waals surface area contributed by atoms with Gasteiger partial charge < -0.3 is 4.90 Å². The van der Waals surface area contributed by atoms with Gasteiger partial charge >= 0.3 is 0 Å². The van der Waals surface area contributed by atoms with Crippen molar-refractivity contribution in [2.75, 3.05) is 6.54 Å². The highest BCUT2D eigenvalue weighted by molar-refractivity contribution is 4.87. The molecular weight excluding hydrogens is 124 g/mol. The maximum Gasteiger partial charge on any atom is 0.179 e. The largest absolute Gasteiger partial charge is 0.308 e. The first kappa shape index (κ1) is 7.40. The molecule has 0 N–H and O–H groups in total. The molecular formula is C8H14N2. The summed E-state index contributed by atoms with van der Waals surface area (Å²) in [6, 6.07) is 0.565. The maximum absolute atomic E-state index is 8.64. The number of rotatable bonds is 2. The smallest absolute Gasteiger partial charge is 0.179 e. The predicted molar refractivity (Wildman–Crippen MR) is 40.2 cm³/mol. The Balaban J connectivity index is 2.36. The summed E-state index contributed by atoms with van der Waals surface area (Å²) < 4.78 is 0. The molecule has 1 saturated heterocycles. The van der Waals surface area contributed by atoms with Crippen molar-refractivity contribution >= 4 is 0 Å². The molecule has 2 heteroatoms. The van der Waals surface area contributed by atoms with Crippen LogP contribution in [-0.4, -0.2) is 17.5 Å². The van der Waals surface area contributed by atoms with Crippen LogP contribution in [0.3, 0.4) is 0 Å². The van der Waals surface area contributed by atoms with Crippen molar-refractivity contribution < 1.29 is 0 Å². The third kappa shape index (κ3) is 1.41. The standard InChI is InChI=1S/C8H14N2/c1-2-4-8-5-3-6-10(8)7-9/h8H,2-6H2,1H3. The fraction of sp³-hybridized carbons (Fsp3) is 0.875. The van der Waals surface area contributed by atoms with Crippen LogP contribution in [-0.2, 0) is 0 Å². The summed E-state index contributed by atoms with van der Waals surface area (Å²) in [5, 5.41) is 8.64. The minimum Gasteiger partial charge on any atom is -0.308 e. The van der Waals surface area contributed by atoms with E-state index in [1.807, 2.05) is 4.90 Å². The van der Waals surface area contributed by atoms with E-state index >= 15 is 0 Å². The first-order valence-electron chi connectivity index (χ1n) is 4.05. The van der Waals surface area contributed by atoms with Gasteiger partial charge in [-0.05, 0) is 19.3 Å². The summed E-state index contributed by atoms with van der Waals surface area (Å²) in [5.41, 5.74) is 0. The Morgan fingerprint density at radius 3 is 3.10 bits per heavy atom. The number of hydrogen-bond acceptors (Lipinski definition) is 2. The van der Waals surface area contributed by atoms with Crippen molar-refractivity contribution in [1.29, 1.82) is 5.26 Å². The molecule has 0 amide bonds. The second kappa shape index (κ2) is 3.46. The van der Waals surface area contributed by atoms with E-state index in [1.54, 1.807) is 0 Å². The van der Waals surface area contributed by atoms with Gasteiger partial charge in [-0.1, -0.05) is 13.3 Å². The van der Waals surface area contributed by atoms with Crippen molar-refractivity contribution in [2.45, 2.75) is 38.6 Å². The third-order valence-electron chi connectivity index (χ3n) is 2.13. The van der Waals surface area contributed by atoms with E-state index in [-0.39, 0.29) is 0 Å². The molecule has 0 aromatic carbocycles. The molecule has 10 heavy (non-hydrogen) atoms. The van der Waals surface area contributed by atoms with E-state index in [0.29, 0.717) is 6.04 Å². The van der Waals surface area contributed by atoms with Crippen LogP contribution in [0.25, 0.3) is 0 Å². The molecule has 1 heterocycles. The van der Waals surface area contributed by atoms with Gasteiger partial charge in [-0.15, -0.1) is 0 Å². The average molecular weight is 138 g/mol. The van der Waals surface area contributed by atoms with Gasteiger partial charge in [-0.3, -0.25) is 0 Å². The van der Waals surface area contributed by atoms with Crippen molar-refractivity contribution in [3.8, 4) is 6.19 Å². The quantitative estimate of drug-likeness (QED) is 0.543. The summed E-state index contributed by atoms with van der Waals surface area (Å²) in [6.45, 7) is 3.16. The Morgan fingerprint density at radius 2 is 2.50 bits per heavy atom. The second-order valence-electron chi connectivity index (χ2n) is 2.88. The van der Waals surface area contributed by atoms with Gasteiger partial charge in [0.15, 0.2) is 6.19 Å². The Labute approximate surface area is 62.4 Å². The minimum atomic E-state index is 0.565. The van der Waals surface area contributed by atoms with Crippen LogP contribution in [0.15, 0.2) is 0 Å².